The van der Waals surface area contributed by atoms with Crippen LogP contribution in [0, 0.1) is 28.6 Å². The minimum atomic E-state index is -0.701. The van der Waals surface area contributed by atoms with Crippen LogP contribution in [0.15, 0.2) is 35.5 Å². The van der Waals surface area contributed by atoms with Crippen molar-refractivity contribution in [1.82, 2.24) is 0 Å². The van der Waals surface area contributed by atoms with Crippen LogP contribution in [0.2, 0.25) is 0 Å². The third-order valence-electron chi connectivity index (χ3n) is 9.39. The Balaban J connectivity index is 1.72. The lowest BCUT2D eigenvalue weighted by atomic mass is 9.60. The minimum absolute atomic E-state index is 0.362. The smallest absolute Gasteiger partial charge is 0.0862 e. The molecule has 3 aliphatic carbocycles. The van der Waals surface area contributed by atoms with E-state index >= 15 is 0 Å². The van der Waals surface area contributed by atoms with Crippen LogP contribution in [0.25, 0.3) is 0 Å². The zero-order chi connectivity index (χ0) is 23.9. The van der Waals surface area contributed by atoms with Gasteiger partial charge in [-0.05, 0) is 93.1 Å². The maximum Gasteiger partial charge on any atom is 0.0862 e. The largest absolute Gasteiger partial charge is 0.392 e. The molecule has 3 rings (SSSR count). The van der Waals surface area contributed by atoms with Gasteiger partial charge < -0.3 is 15.3 Å². The summed E-state index contributed by atoms with van der Waals surface area (Å²) >= 11 is 0. The summed E-state index contributed by atoms with van der Waals surface area (Å²) in [7, 11) is 0. The molecule has 6 atom stereocenters. The zero-order valence-corrected chi connectivity index (χ0v) is 21.5. The van der Waals surface area contributed by atoms with E-state index in [1.165, 1.54) is 32.1 Å². The number of rotatable bonds is 6. The summed E-state index contributed by atoms with van der Waals surface area (Å²) in [6, 6.07) is 0. The molecule has 182 valence electrons. The number of aliphatic hydroxyl groups excluding tert-OH is 2. The summed E-state index contributed by atoms with van der Waals surface area (Å²) in [5.41, 5.74) is 2.57. The molecular formula is C29H48O3. The van der Waals surface area contributed by atoms with Crippen molar-refractivity contribution < 1.29 is 15.3 Å². The fourth-order valence-corrected chi connectivity index (χ4v) is 7.06. The summed E-state index contributed by atoms with van der Waals surface area (Å²) in [6.07, 6.45) is 13.2. The highest BCUT2D eigenvalue weighted by Crippen LogP contribution is 2.60. The molecule has 0 bridgehead atoms. The van der Waals surface area contributed by atoms with Crippen LogP contribution in [0.5, 0.6) is 0 Å². The summed E-state index contributed by atoms with van der Waals surface area (Å²) in [6.45, 7) is 16.8. The van der Waals surface area contributed by atoms with Crippen molar-refractivity contribution in [2.45, 2.75) is 117 Å². The first-order valence-corrected chi connectivity index (χ1v) is 12.9. The van der Waals surface area contributed by atoms with Crippen LogP contribution in [-0.2, 0) is 0 Å². The number of hydrogen-bond acceptors (Lipinski definition) is 3. The maximum absolute atomic E-state index is 10.7. The monoisotopic (exact) mass is 444 g/mol. The first kappa shape index (κ1) is 25.7. The third kappa shape index (κ3) is 5.10. The Labute approximate surface area is 196 Å². The number of allylic oxidation sites excluding steroid dienone is 3. The summed E-state index contributed by atoms with van der Waals surface area (Å²) in [5, 5.41) is 31.3. The normalized spacial score (nSPS) is 38.8. The Morgan fingerprint density at radius 3 is 2.50 bits per heavy atom. The van der Waals surface area contributed by atoms with E-state index in [4.69, 9.17) is 0 Å². The SMILES string of the molecule is C=C1/C(=C\C=C2/CCC[C@@]3(C)C2CCC3[C@H](C)CCCC(C)(C)O)C[C@@H](O)C(C)(C)[C@H]1O. The number of aliphatic hydroxyl groups is 3. The van der Waals surface area contributed by atoms with Gasteiger partial charge in [0.2, 0.25) is 0 Å². The Hall–Kier alpha value is -0.900. The van der Waals surface area contributed by atoms with Gasteiger partial charge in [0.15, 0.2) is 0 Å². The lowest BCUT2D eigenvalue weighted by molar-refractivity contribution is -0.0404. The van der Waals surface area contributed by atoms with Gasteiger partial charge >= 0.3 is 0 Å². The average molecular weight is 445 g/mol. The molecule has 0 aromatic rings. The van der Waals surface area contributed by atoms with Crippen molar-refractivity contribution in [3.8, 4) is 0 Å². The van der Waals surface area contributed by atoms with Crippen LogP contribution >= 0.6 is 0 Å². The molecule has 0 aromatic carbocycles. The average Bonchev–Trinajstić information content (AvgIpc) is 3.05. The molecule has 0 saturated heterocycles. The second kappa shape index (κ2) is 9.39. The van der Waals surface area contributed by atoms with Crippen LogP contribution in [0.1, 0.15) is 99.3 Å². The van der Waals surface area contributed by atoms with Gasteiger partial charge in [-0.25, -0.2) is 0 Å². The van der Waals surface area contributed by atoms with Gasteiger partial charge in [0, 0.05) is 5.41 Å². The standard InChI is InChI=1S/C29H48O3/c1-19(10-8-16-27(3,4)32)23-14-15-24-21(11-9-17-29(23,24)7)12-13-22-18-25(30)28(5,6)26(31)20(22)2/h12-13,19,23-26,30-32H,2,8-11,14-18H2,1,3-7H3/b21-12+,22-13-/t19-,23?,24?,25-,26+,29-/m1/s1. The van der Waals surface area contributed by atoms with Gasteiger partial charge in [0.05, 0.1) is 17.8 Å². The molecule has 32 heavy (non-hydrogen) atoms. The van der Waals surface area contributed by atoms with E-state index in [1.807, 2.05) is 27.7 Å². The molecule has 3 heteroatoms. The predicted octanol–water partition coefficient (Wildman–Crippen LogP) is 6.34. The fraction of sp³-hybridized carbons (Fsp3) is 0.793. The molecule has 0 spiro atoms. The van der Waals surface area contributed by atoms with Crippen molar-refractivity contribution in [3.63, 3.8) is 0 Å². The van der Waals surface area contributed by atoms with E-state index in [9.17, 15) is 15.3 Å². The lowest BCUT2D eigenvalue weighted by Crippen LogP contribution is -2.45. The first-order valence-electron chi connectivity index (χ1n) is 12.9. The molecule has 2 unspecified atom stereocenters. The van der Waals surface area contributed by atoms with Gasteiger partial charge in [-0.1, -0.05) is 64.8 Å². The zero-order valence-electron chi connectivity index (χ0n) is 21.5. The van der Waals surface area contributed by atoms with E-state index in [2.05, 4.69) is 32.6 Å². The molecule has 0 radical (unpaired) electrons. The van der Waals surface area contributed by atoms with E-state index in [-0.39, 0.29) is 0 Å². The maximum atomic E-state index is 10.7. The second-order valence-electron chi connectivity index (χ2n) is 12.7. The quantitative estimate of drug-likeness (QED) is 0.448. The van der Waals surface area contributed by atoms with E-state index in [0.717, 1.165) is 36.3 Å². The lowest BCUT2D eigenvalue weighted by Gasteiger charge is -2.44. The van der Waals surface area contributed by atoms with Crippen molar-refractivity contribution >= 4 is 0 Å². The van der Waals surface area contributed by atoms with Crippen LogP contribution < -0.4 is 0 Å². The molecule has 3 aliphatic rings. The van der Waals surface area contributed by atoms with E-state index in [1.54, 1.807) is 5.57 Å². The van der Waals surface area contributed by atoms with Crippen molar-refractivity contribution in [2.24, 2.45) is 28.6 Å². The van der Waals surface area contributed by atoms with Crippen molar-refractivity contribution in [3.05, 3.63) is 35.5 Å². The Bertz CT molecular complexity index is 753. The van der Waals surface area contributed by atoms with Gasteiger partial charge in [0.1, 0.15) is 0 Å². The highest BCUT2D eigenvalue weighted by Gasteiger charge is 2.50. The summed E-state index contributed by atoms with van der Waals surface area (Å²) in [5.74, 6) is 2.08. The number of hydrogen-bond donors (Lipinski definition) is 3. The van der Waals surface area contributed by atoms with E-state index in [0.29, 0.717) is 23.7 Å². The molecule has 3 N–H and O–H groups in total. The summed E-state index contributed by atoms with van der Waals surface area (Å²) in [4.78, 5) is 0. The minimum Gasteiger partial charge on any atom is -0.392 e. The molecule has 3 saturated carbocycles. The first-order chi connectivity index (χ1) is 14.8. The van der Waals surface area contributed by atoms with Gasteiger partial charge in [-0.2, -0.15) is 0 Å². The fourth-order valence-electron chi connectivity index (χ4n) is 7.06. The molecule has 3 fully saturated rings. The van der Waals surface area contributed by atoms with Crippen LogP contribution in [0.3, 0.4) is 0 Å². The van der Waals surface area contributed by atoms with E-state index < -0.39 is 23.2 Å². The van der Waals surface area contributed by atoms with Crippen molar-refractivity contribution in [2.75, 3.05) is 0 Å². The Kier molecular flexibility index (Phi) is 7.55. The predicted molar refractivity (Wildman–Crippen MR) is 133 cm³/mol. The summed E-state index contributed by atoms with van der Waals surface area (Å²) < 4.78 is 0. The highest BCUT2D eigenvalue weighted by atomic mass is 16.3. The van der Waals surface area contributed by atoms with Gasteiger partial charge in [-0.15, -0.1) is 0 Å². The number of fused-ring (bicyclic) bond motifs is 1. The Morgan fingerprint density at radius 1 is 1.16 bits per heavy atom. The molecule has 0 aromatic heterocycles. The molecular weight excluding hydrogens is 396 g/mol. The second-order valence-corrected chi connectivity index (χ2v) is 12.7. The van der Waals surface area contributed by atoms with Crippen molar-refractivity contribution in [1.29, 1.82) is 0 Å². The molecule has 0 aliphatic heterocycles. The van der Waals surface area contributed by atoms with Gasteiger partial charge in [0.25, 0.3) is 0 Å². The van der Waals surface area contributed by atoms with Crippen LogP contribution in [-0.4, -0.2) is 33.1 Å². The molecule has 0 amide bonds. The molecule has 3 nitrogen and oxygen atoms in total. The highest BCUT2D eigenvalue weighted by molar-refractivity contribution is 5.40. The molecule has 0 heterocycles. The van der Waals surface area contributed by atoms with Gasteiger partial charge in [-0.3, -0.25) is 0 Å². The topological polar surface area (TPSA) is 60.7 Å². The third-order valence-corrected chi connectivity index (χ3v) is 9.39. The Morgan fingerprint density at radius 2 is 1.84 bits per heavy atom. The van der Waals surface area contributed by atoms with Crippen LogP contribution in [0.4, 0.5) is 0 Å².